The molecule has 0 aliphatic heterocycles. The third-order valence-electron chi connectivity index (χ3n) is 4.26. The summed E-state index contributed by atoms with van der Waals surface area (Å²) in [5.41, 5.74) is 10.5. The molecule has 1 atom stereocenters. The lowest BCUT2D eigenvalue weighted by Gasteiger charge is -2.15. The van der Waals surface area contributed by atoms with Gasteiger partial charge in [0.05, 0.1) is 11.2 Å². The normalized spacial score (nSPS) is 12.6. The van der Waals surface area contributed by atoms with Gasteiger partial charge in [0.2, 0.25) is 0 Å². The Hall–Kier alpha value is -2.71. The second-order valence-corrected chi connectivity index (χ2v) is 5.93. The number of rotatable bonds is 2. The first-order chi connectivity index (χ1) is 11.2. The monoisotopic (exact) mass is 298 g/mol. The number of benzene rings is 3. The number of hydrogen-bond acceptors (Lipinski definition) is 2. The lowest BCUT2D eigenvalue weighted by atomic mass is 9.97. The maximum Gasteiger partial charge on any atom is 0.0784 e. The number of hydrogen-bond donors (Lipinski definition) is 1. The van der Waals surface area contributed by atoms with Gasteiger partial charge in [-0.05, 0) is 23.9 Å². The molecule has 4 aromatic rings. The van der Waals surface area contributed by atoms with E-state index in [1.807, 2.05) is 25.1 Å². The molecule has 0 saturated heterocycles. The van der Waals surface area contributed by atoms with Crippen molar-refractivity contribution in [1.82, 2.24) is 4.98 Å². The summed E-state index contributed by atoms with van der Waals surface area (Å²) in [7, 11) is 0. The minimum Gasteiger partial charge on any atom is -0.323 e. The zero-order valence-electron chi connectivity index (χ0n) is 13.0. The smallest absolute Gasteiger partial charge is 0.0784 e. The van der Waals surface area contributed by atoms with Gasteiger partial charge >= 0.3 is 0 Å². The predicted molar refractivity (Wildman–Crippen MR) is 97.3 cm³/mol. The van der Waals surface area contributed by atoms with E-state index >= 15 is 0 Å². The molecule has 0 aliphatic carbocycles. The molecule has 2 nitrogen and oxygen atoms in total. The molecule has 2 N–H and O–H groups in total. The largest absolute Gasteiger partial charge is 0.323 e. The van der Waals surface area contributed by atoms with Crippen LogP contribution in [-0.2, 0) is 0 Å². The highest BCUT2D eigenvalue weighted by Crippen LogP contribution is 2.32. The van der Waals surface area contributed by atoms with E-state index in [0.717, 1.165) is 27.7 Å². The zero-order valence-corrected chi connectivity index (χ0v) is 13.0. The Morgan fingerprint density at radius 2 is 1.52 bits per heavy atom. The van der Waals surface area contributed by atoms with Crippen molar-refractivity contribution in [2.24, 2.45) is 5.73 Å². The number of aromatic nitrogens is 1. The van der Waals surface area contributed by atoms with Gasteiger partial charge < -0.3 is 5.73 Å². The molecule has 0 spiro atoms. The Morgan fingerprint density at radius 1 is 0.826 bits per heavy atom. The van der Waals surface area contributed by atoms with Crippen LogP contribution in [0.25, 0.3) is 32.8 Å². The lowest BCUT2D eigenvalue weighted by molar-refractivity contribution is 0.790. The second-order valence-electron chi connectivity index (χ2n) is 5.93. The van der Waals surface area contributed by atoms with E-state index in [1.54, 1.807) is 0 Å². The topological polar surface area (TPSA) is 38.9 Å². The van der Waals surface area contributed by atoms with Crippen LogP contribution in [0.1, 0.15) is 18.7 Å². The first-order valence-electron chi connectivity index (χ1n) is 7.87. The standard InChI is InChI=1S/C21H18N2/c1-14(22)20-19(15-7-3-2-4-8-15)13-17-12-11-16-9-5-6-10-18(16)21(17)23-20/h2-14H,22H2,1H3. The third-order valence-corrected chi connectivity index (χ3v) is 4.26. The van der Waals surface area contributed by atoms with Crippen molar-refractivity contribution >= 4 is 21.7 Å². The van der Waals surface area contributed by atoms with Crippen molar-refractivity contribution in [3.05, 3.63) is 78.5 Å². The Labute approximate surface area is 135 Å². The van der Waals surface area contributed by atoms with E-state index in [1.165, 1.54) is 10.8 Å². The molecule has 0 saturated carbocycles. The van der Waals surface area contributed by atoms with Crippen molar-refractivity contribution < 1.29 is 0 Å². The van der Waals surface area contributed by atoms with Gasteiger partial charge in [0.1, 0.15) is 0 Å². The molecule has 1 heterocycles. The van der Waals surface area contributed by atoms with Crippen LogP contribution in [0.4, 0.5) is 0 Å². The fourth-order valence-corrected chi connectivity index (χ4v) is 3.12. The van der Waals surface area contributed by atoms with Crippen molar-refractivity contribution in [2.45, 2.75) is 13.0 Å². The highest BCUT2D eigenvalue weighted by atomic mass is 14.8. The molecule has 3 aromatic carbocycles. The summed E-state index contributed by atoms with van der Waals surface area (Å²) >= 11 is 0. The van der Waals surface area contributed by atoms with Gasteiger partial charge in [0.15, 0.2) is 0 Å². The predicted octanol–water partition coefficient (Wildman–Crippen LogP) is 5.07. The van der Waals surface area contributed by atoms with Crippen molar-refractivity contribution in [1.29, 1.82) is 0 Å². The first kappa shape index (κ1) is 13.9. The molecular formula is C21H18N2. The summed E-state index contributed by atoms with van der Waals surface area (Å²) in [6.45, 7) is 1.99. The minimum absolute atomic E-state index is 0.117. The van der Waals surface area contributed by atoms with E-state index < -0.39 is 0 Å². The van der Waals surface area contributed by atoms with Gasteiger partial charge in [-0.1, -0.05) is 66.7 Å². The molecule has 2 heteroatoms. The Kier molecular flexibility index (Phi) is 3.32. The summed E-state index contributed by atoms with van der Waals surface area (Å²) in [4.78, 5) is 4.95. The number of pyridine rings is 1. The van der Waals surface area contributed by atoms with Crippen molar-refractivity contribution in [3.8, 4) is 11.1 Å². The minimum atomic E-state index is -0.117. The van der Waals surface area contributed by atoms with E-state index in [2.05, 4.69) is 54.6 Å². The van der Waals surface area contributed by atoms with Gasteiger partial charge in [-0.3, -0.25) is 0 Å². The van der Waals surface area contributed by atoms with Gasteiger partial charge in [0.25, 0.3) is 0 Å². The molecule has 4 rings (SSSR count). The average molecular weight is 298 g/mol. The van der Waals surface area contributed by atoms with Crippen LogP contribution >= 0.6 is 0 Å². The van der Waals surface area contributed by atoms with E-state index in [9.17, 15) is 0 Å². The molecule has 0 fully saturated rings. The quantitative estimate of drug-likeness (QED) is 0.524. The van der Waals surface area contributed by atoms with Crippen LogP contribution in [0.15, 0.2) is 72.8 Å². The van der Waals surface area contributed by atoms with Crippen molar-refractivity contribution in [2.75, 3.05) is 0 Å². The van der Waals surface area contributed by atoms with Crippen molar-refractivity contribution in [3.63, 3.8) is 0 Å². The molecule has 1 aromatic heterocycles. The highest BCUT2D eigenvalue weighted by Gasteiger charge is 2.13. The Morgan fingerprint density at radius 3 is 2.30 bits per heavy atom. The maximum atomic E-state index is 6.22. The van der Waals surface area contributed by atoms with Gasteiger partial charge in [-0.15, -0.1) is 0 Å². The molecule has 112 valence electrons. The SMILES string of the molecule is CC(N)c1nc2c(ccc3ccccc32)cc1-c1ccccc1. The average Bonchev–Trinajstić information content (AvgIpc) is 2.61. The van der Waals surface area contributed by atoms with E-state index in [-0.39, 0.29) is 6.04 Å². The summed E-state index contributed by atoms with van der Waals surface area (Å²) in [5.74, 6) is 0. The van der Waals surface area contributed by atoms with Crippen LogP contribution in [0.3, 0.4) is 0 Å². The van der Waals surface area contributed by atoms with Crippen LogP contribution in [0.2, 0.25) is 0 Å². The maximum absolute atomic E-state index is 6.22. The Balaban J connectivity index is 2.08. The molecule has 0 bridgehead atoms. The van der Waals surface area contributed by atoms with E-state index in [4.69, 9.17) is 10.7 Å². The number of nitrogens with zero attached hydrogens (tertiary/aromatic N) is 1. The second kappa shape index (κ2) is 5.49. The summed E-state index contributed by atoms with van der Waals surface area (Å²) < 4.78 is 0. The van der Waals surface area contributed by atoms with Crippen LogP contribution < -0.4 is 5.73 Å². The molecule has 0 radical (unpaired) electrons. The first-order valence-corrected chi connectivity index (χ1v) is 7.87. The van der Waals surface area contributed by atoms with Crippen LogP contribution in [0, 0.1) is 0 Å². The van der Waals surface area contributed by atoms with Crippen LogP contribution in [0.5, 0.6) is 0 Å². The molecule has 0 amide bonds. The molecule has 1 unspecified atom stereocenters. The molecule has 23 heavy (non-hydrogen) atoms. The summed E-state index contributed by atoms with van der Waals surface area (Å²) in [5, 5.41) is 3.52. The summed E-state index contributed by atoms with van der Waals surface area (Å²) in [6.07, 6.45) is 0. The molecule has 0 aliphatic rings. The lowest BCUT2D eigenvalue weighted by Crippen LogP contribution is -2.09. The summed E-state index contributed by atoms with van der Waals surface area (Å²) in [6, 6.07) is 25.1. The van der Waals surface area contributed by atoms with Gasteiger partial charge in [-0.2, -0.15) is 0 Å². The number of nitrogens with two attached hydrogens (primary N) is 1. The highest BCUT2D eigenvalue weighted by molar-refractivity contribution is 6.06. The van der Waals surface area contributed by atoms with Gasteiger partial charge in [-0.25, -0.2) is 4.98 Å². The van der Waals surface area contributed by atoms with E-state index in [0.29, 0.717) is 0 Å². The fourth-order valence-electron chi connectivity index (χ4n) is 3.12. The van der Waals surface area contributed by atoms with Gasteiger partial charge in [0, 0.05) is 22.4 Å². The molecular weight excluding hydrogens is 280 g/mol. The Bertz CT molecular complexity index is 988. The third kappa shape index (κ3) is 2.37. The number of fused-ring (bicyclic) bond motifs is 3. The fraction of sp³-hybridized carbons (Fsp3) is 0.0952. The zero-order chi connectivity index (χ0) is 15.8. The van der Waals surface area contributed by atoms with Crippen LogP contribution in [-0.4, -0.2) is 4.98 Å².